The minimum atomic E-state index is -2.91. The summed E-state index contributed by atoms with van der Waals surface area (Å²) in [6.07, 6.45) is 0. The van der Waals surface area contributed by atoms with Crippen molar-refractivity contribution in [2.24, 2.45) is 0 Å². The number of carboxylic acid groups (broad SMARTS) is 1. The summed E-state index contributed by atoms with van der Waals surface area (Å²) in [7, 11) is 0. The molecular weight excluding hydrogens is 284 g/mol. The summed E-state index contributed by atoms with van der Waals surface area (Å²) in [6, 6.07) is 3.94. The third kappa shape index (κ3) is 3.44. The van der Waals surface area contributed by atoms with Gasteiger partial charge in [-0.3, -0.25) is 4.79 Å². The van der Waals surface area contributed by atoms with Crippen molar-refractivity contribution >= 4 is 27.6 Å². The number of halogens is 3. The molecule has 0 aliphatic rings. The van der Waals surface area contributed by atoms with E-state index in [9.17, 15) is 13.6 Å². The van der Waals surface area contributed by atoms with Crippen LogP contribution in [0.15, 0.2) is 22.7 Å². The van der Waals surface area contributed by atoms with E-state index in [1.54, 1.807) is 0 Å². The van der Waals surface area contributed by atoms with Gasteiger partial charge in [0.15, 0.2) is 0 Å². The number of hydrogen-bond acceptors (Lipinski definition) is 2. The maximum atomic E-state index is 12.9. The summed E-state index contributed by atoms with van der Waals surface area (Å²) in [6.45, 7) is 0.541. The number of rotatable bonds is 4. The molecule has 0 saturated heterocycles. The molecule has 0 fully saturated rings. The molecule has 1 aromatic rings. The lowest BCUT2D eigenvalue weighted by Crippen LogP contribution is -2.13. The maximum absolute atomic E-state index is 12.9. The molecule has 0 heterocycles. The Bertz CT molecular complexity index is 404. The lowest BCUT2D eigenvalue weighted by Gasteiger charge is -2.13. The molecule has 0 atom stereocenters. The Morgan fingerprint density at radius 1 is 1.56 bits per heavy atom. The highest BCUT2D eigenvalue weighted by atomic mass is 79.9. The van der Waals surface area contributed by atoms with E-state index < -0.39 is 11.9 Å². The molecule has 0 bridgehead atoms. The van der Waals surface area contributed by atoms with Gasteiger partial charge in [0.2, 0.25) is 0 Å². The van der Waals surface area contributed by atoms with Crippen molar-refractivity contribution < 1.29 is 18.7 Å². The van der Waals surface area contributed by atoms with Gasteiger partial charge in [-0.05, 0) is 28.1 Å². The number of aliphatic carboxylic acids is 1. The Morgan fingerprint density at radius 3 is 2.62 bits per heavy atom. The van der Waals surface area contributed by atoms with Gasteiger partial charge in [-0.15, -0.1) is 0 Å². The second-order valence-electron chi connectivity index (χ2n) is 3.33. The zero-order valence-electron chi connectivity index (χ0n) is 8.43. The van der Waals surface area contributed by atoms with E-state index in [0.717, 1.165) is 6.92 Å². The standard InChI is InChI=1S/C10H10BrF2NO2/c1-10(12,13)6-2-3-8(7(11)4-6)14-5-9(15)16/h2-4,14H,5H2,1H3,(H,15,16). The zero-order valence-corrected chi connectivity index (χ0v) is 10.0. The van der Waals surface area contributed by atoms with Gasteiger partial charge in [0.05, 0.1) is 0 Å². The molecule has 88 valence electrons. The summed E-state index contributed by atoms with van der Waals surface area (Å²) in [5.74, 6) is -3.93. The van der Waals surface area contributed by atoms with Crippen LogP contribution < -0.4 is 5.32 Å². The van der Waals surface area contributed by atoms with Crippen molar-refractivity contribution in [3.63, 3.8) is 0 Å². The quantitative estimate of drug-likeness (QED) is 0.897. The van der Waals surface area contributed by atoms with Crippen LogP contribution >= 0.6 is 15.9 Å². The predicted octanol–water partition coefficient (Wildman–Crippen LogP) is 3.06. The van der Waals surface area contributed by atoms with Crippen LogP contribution in [0.1, 0.15) is 12.5 Å². The van der Waals surface area contributed by atoms with Gasteiger partial charge in [0, 0.05) is 22.6 Å². The average Bonchev–Trinajstić information content (AvgIpc) is 2.14. The number of benzene rings is 1. The first-order valence-corrected chi connectivity index (χ1v) is 5.23. The number of carbonyl (C=O) groups is 1. The van der Waals surface area contributed by atoms with Crippen LogP contribution in [0.5, 0.6) is 0 Å². The van der Waals surface area contributed by atoms with E-state index in [1.165, 1.54) is 18.2 Å². The van der Waals surface area contributed by atoms with Gasteiger partial charge >= 0.3 is 5.97 Å². The molecule has 16 heavy (non-hydrogen) atoms. The minimum absolute atomic E-state index is 0.125. The van der Waals surface area contributed by atoms with Gasteiger partial charge in [-0.2, -0.15) is 0 Å². The highest BCUT2D eigenvalue weighted by Crippen LogP contribution is 2.32. The zero-order chi connectivity index (χ0) is 12.3. The normalized spacial score (nSPS) is 11.2. The Kier molecular flexibility index (Phi) is 3.85. The second kappa shape index (κ2) is 4.78. The number of carboxylic acids is 1. The molecule has 0 aromatic heterocycles. The Hall–Kier alpha value is -1.17. The highest BCUT2D eigenvalue weighted by Gasteiger charge is 2.24. The van der Waals surface area contributed by atoms with Crippen LogP contribution in [0.25, 0.3) is 0 Å². The number of hydrogen-bond donors (Lipinski definition) is 2. The summed E-state index contributed by atoms with van der Waals surface area (Å²) in [4.78, 5) is 10.3. The van der Waals surface area contributed by atoms with Crippen LogP contribution in [-0.4, -0.2) is 17.6 Å². The van der Waals surface area contributed by atoms with Gasteiger partial charge in [0.1, 0.15) is 6.54 Å². The molecule has 0 aliphatic heterocycles. The first kappa shape index (κ1) is 12.9. The summed E-state index contributed by atoms with van der Waals surface area (Å²) in [5, 5.41) is 11.1. The molecule has 0 aliphatic carbocycles. The van der Waals surface area contributed by atoms with Crippen LogP contribution in [0, 0.1) is 0 Å². The van der Waals surface area contributed by atoms with Crippen molar-refractivity contribution in [2.45, 2.75) is 12.8 Å². The van der Waals surface area contributed by atoms with Crippen molar-refractivity contribution in [3.05, 3.63) is 28.2 Å². The number of anilines is 1. The Balaban J connectivity index is 2.88. The largest absolute Gasteiger partial charge is 0.480 e. The van der Waals surface area contributed by atoms with Gasteiger partial charge in [-0.25, -0.2) is 8.78 Å². The molecular formula is C10H10BrF2NO2. The number of alkyl halides is 2. The van der Waals surface area contributed by atoms with E-state index in [2.05, 4.69) is 21.2 Å². The fraction of sp³-hybridized carbons (Fsp3) is 0.300. The van der Waals surface area contributed by atoms with Crippen LogP contribution in [0.3, 0.4) is 0 Å². The van der Waals surface area contributed by atoms with Crippen LogP contribution in [0.4, 0.5) is 14.5 Å². The average molecular weight is 294 g/mol. The van der Waals surface area contributed by atoms with E-state index in [-0.39, 0.29) is 12.1 Å². The topological polar surface area (TPSA) is 49.3 Å². The van der Waals surface area contributed by atoms with Crippen molar-refractivity contribution in [1.29, 1.82) is 0 Å². The molecule has 3 nitrogen and oxygen atoms in total. The van der Waals surface area contributed by atoms with Crippen LogP contribution in [-0.2, 0) is 10.7 Å². The van der Waals surface area contributed by atoms with Gasteiger partial charge in [0.25, 0.3) is 5.92 Å². The Morgan fingerprint density at radius 2 is 2.19 bits per heavy atom. The molecule has 2 N–H and O–H groups in total. The Labute approximate surface area is 99.6 Å². The first-order chi connectivity index (χ1) is 7.30. The van der Waals surface area contributed by atoms with E-state index in [4.69, 9.17) is 5.11 Å². The third-order valence-corrected chi connectivity index (χ3v) is 2.56. The highest BCUT2D eigenvalue weighted by molar-refractivity contribution is 9.10. The smallest absolute Gasteiger partial charge is 0.322 e. The maximum Gasteiger partial charge on any atom is 0.322 e. The fourth-order valence-electron chi connectivity index (χ4n) is 1.10. The monoisotopic (exact) mass is 293 g/mol. The lowest BCUT2D eigenvalue weighted by molar-refractivity contribution is -0.134. The summed E-state index contributed by atoms with van der Waals surface area (Å²) in [5.41, 5.74) is 0.343. The van der Waals surface area contributed by atoms with Crippen molar-refractivity contribution in [1.82, 2.24) is 0 Å². The molecule has 1 rings (SSSR count). The second-order valence-corrected chi connectivity index (χ2v) is 4.18. The molecule has 0 unspecified atom stereocenters. The predicted molar refractivity (Wildman–Crippen MR) is 59.8 cm³/mol. The molecule has 0 radical (unpaired) electrons. The third-order valence-electron chi connectivity index (χ3n) is 1.91. The fourth-order valence-corrected chi connectivity index (χ4v) is 1.62. The molecule has 0 saturated carbocycles. The molecule has 0 spiro atoms. The minimum Gasteiger partial charge on any atom is -0.480 e. The van der Waals surface area contributed by atoms with E-state index >= 15 is 0 Å². The van der Waals surface area contributed by atoms with Crippen LogP contribution in [0.2, 0.25) is 0 Å². The molecule has 6 heteroatoms. The van der Waals surface area contributed by atoms with Gasteiger partial charge in [-0.1, -0.05) is 6.07 Å². The molecule has 1 aromatic carbocycles. The van der Waals surface area contributed by atoms with E-state index in [0.29, 0.717) is 10.2 Å². The molecule has 0 amide bonds. The first-order valence-electron chi connectivity index (χ1n) is 4.44. The summed E-state index contributed by atoms with van der Waals surface area (Å²) >= 11 is 3.10. The van der Waals surface area contributed by atoms with Crippen molar-refractivity contribution in [2.75, 3.05) is 11.9 Å². The SMILES string of the molecule is CC(F)(F)c1ccc(NCC(=O)O)c(Br)c1. The lowest BCUT2D eigenvalue weighted by atomic mass is 10.1. The van der Waals surface area contributed by atoms with Crippen molar-refractivity contribution in [3.8, 4) is 0 Å². The van der Waals surface area contributed by atoms with E-state index in [1.807, 2.05) is 0 Å². The van der Waals surface area contributed by atoms with Gasteiger partial charge < -0.3 is 10.4 Å². The number of nitrogens with one attached hydrogen (secondary N) is 1. The summed E-state index contributed by atoms with van der Waals surface area (Å²) < 4.78 is 26.3.